The first-order chi connectivity index (χ1) is 8.97. The van der Waals surface area contributed by atoms with Crippen molar-refractivity contribution in [2.24, 2.45) is 0 Å². The molecule has 2 aromatic rings. The summed E-state index contributed by atoms with van der Waals surface area (Å²) in [6, 6.07) is 8.12. The van der Waals surface area contributed by atoms with Gasteiger partial charge in [-0.05, 0) is 56.1 Å². The SMILES string of the molecule is CN(C)c1ccc(NCc2cc(Br)c(Br)s2)cc1Cl. The van der Waals surface area contributed by atoms with Crippen LogP contribution in [-0.2, 0) is 6.54 Å². The van der Waals surface area contributed by atoms with E-state index in [0.29, 0.717) is 0 Å². The lowest BCUT2D eigenvalue weighted by molar-refractivity contribution is 1.13. The molecule has 19 heavy (non-hydrogen) atoms. The molecule has 0 atom stereocenters. The lowest BCUT2D eigenvalue weighted by Crippen LogP contribution is -2.09. The Morgan fingerprint density at radius 3 is 2.53 bits per heavy atom. The minimum atomic E-state index is 0.753. The van der Waals surface area contributed by atoms with Gasteiger partial charge in [0.05, 0.1) is 14.5 Å². The van der Waals surface area contributed by atoms with Crippen molar-refractivity contribution in [1.82, 2.24) is 0 Å². The highest BCUT2D eigenvalue weighted by molar-refractivity contribution is 9.13. The van der Waals surface area contributed by atoms with Crippen molar-refractivity contribution in [2.45, 2.75) is 6.54 Å². The van der Waals surface area contributed by atoms with Crippen molar-refractivity contribution in [3.8, 4) is 0 Å². The summed E-state index contributed by atoms with van der Waals surface area (Å²) < 4.78 is 2.21. The average Bonchev–Trinajstić information content (AvgIpc) is 2.66. The average molecular weight is 425 g/mol. The predicted octanol–water partition coefficient (Wildman–Crippen LogP) is 5.60. The van der Waals surface area contributed by atoms with Crippen LogP contribution in [0.15, 0.2) is 32.5 Å². The second-order valence-corrected chi connectivity index (χ2v) is 7.96. The van der Waals surface area contributed by atoms with Gasteiger partial charge in [-0.25, -0.2) is 0 Å². The maximum atomic E-state index is 6.24. The molecule has 0 unspecified atom stereocenters. The van der Waals surface area contributed by atoms with E-state index < -0.39 is 0 Å². The van der Waals surface area contributed by atoms with Crippen molar-refractivity contribution in [1.29, 1.82) is 0 Å². The first kappa shape index (κ1) is 15.2. The number of hydrogen-bond donors (Lipinski definition) is 1. The predicted molar refractivity (Wildman–Crippen MR) is 92.8 cm³/mol. The number of thiophene rings is 1. The third kappa shape index (κ3) is 3.88. The van der Waals surface area contributed by atoms with Crippen LogP contribution in [0.1, 0.15) is 4.88 Å². The first-order valence-electron chi connectivity index (χ1n) is 5.62. The van der Waals surface area contributed by atoms with Crippen LogP contribution in [-0.4, -0.2) is 14.1 Å². The van der Waals surface area contributed by atoms with Gasteiger partial charge in [0.25, 0.3) is 0 Å². The van der Waals surface area contributed by atoms with E-state index in [1.54, 1.807) is 11.3 Å². The van der Waals surface area contributed by atoms with Crippen molar-refractivity contribution in [3.05, 3.63) is 42.4 Å². The number of anilines is 2. The van der Waals surface area contributed by atoms with Crippen LogP contribution in [0.25, 0.3) is 0 Å². The Kier molecular flexibility index (Phi) is 5.17. The molecule has 1 heterocycles. The van der Waals surface area contributed by atoms with Crippen LogP contribution in [0.5, 0.6) is 0 Å². The zero-order valence-corrected chi connectivity index (χ0v) is 15.3. The molecule has 0 aliphatic carbocycles. The van der Waals surface area contributed by atoms with Gasteiger partial charge in [-0.1, -0.05) is 11.6 Å². The molecule has 1 aromatic heterocycles. The van der Waals surface area contributed by atoms with Crippen LogP contribution in [0.2, 0.25) is 5.02 Å². The number of hydrogen-bond acceptors (Lipinski definition) is 3. The van der Waals surface area contributed by atoms with Gasteiger partial charge < -0.3 is 10.2 Å². The Labute approximate surface area is 139 Å². The molecule has 0 saturated heterocycles. The molecule has 2 rings (SSSR count). The van der Waals surface area contributed by atoms with Gasteiger partial charge in [0.15, 0.2) is 0 Å². The molecule has 102 valence electrons. The highest BCUT2D eigenvalue weighted by atomic mass is 79.9. The minimum Gasteiger partial charge on any atom is -0.380 e. The highest BCUT2D eigenvalue weighted by Gasteiger charge is 2.06. The summed E-state index contributed by atoms with van der Waals surface area (Å²) >= 11 is 14.9. The topological polar surface area (TPSA) is 15.3 Å². The number of halogens is 3. The van der Waals surface area contributed by atoms with E-state index in [9.17, 15) is 0 Å². The van der Waals surface area contributed by atoms with Gasteiger partial charge in [0, 0.05) is 35.7 Å². The summed E-state index contributed by atoms with van der Waals surface area (Å²) in [5.74, 6) is 0. The monoisotopic (exact) mass is 422 g/mol. The van der Waals surface area contributed by atoms with Gasteiger partial charge in [0.2, 0.25) is 0 Å². The van der Waals surface area contributed by atoms with Crippen molar-refractivity contribution < 1.29 is 0 Å². The third-order valence-electron chi connectivity index (χ3n) is 2.59. The molecular formula is C13H13Br2ClN2S. The molecule has 0 radical (unpaired) electrons. The molecule has 6 heteroatoms. The minimum absolute atomic E-state index is 0.753. The second-order valence-electron chi connectivity index (χ2n) is 4.25. The van der Waals surface area contributed by atoms with Gasteiger partial charge in [0.1, 0.15) is 0 Å². The van der Waals surface area contributed by atoms with Gasteiger partial charge in [-0.3, -0.25) is 0 Å². The molecule has 0 aliphatic rings. The summed E-state index contributed by atoms with van der Waals surface area (Å²) in [6.07, 6.45) is 0. The van der Waals surface area contributed by atoms with E-state index in [1.807, 2.05) is 37.2 Å². The maximum absolute atomic E-state index is 6.24. The van der Waals surface area contributed by atoms with Crippen molar-refractivity contribution >= 4 is 66.2 Å². The number of nitrogens with one attached hydrogen (secondary N) is 1. The molecular weight excluding hydrogens is 411 g/mol. The lowest BCUT2D eigenvalue weighted by atomic mass is 10.2. The molecule has 0 amide bonds. The summed E-state index contributed by atoms with van der Waals surface area (Å²) in [4.78, 5) is 3.26. The zero-order valence-electron chi connectivity index (χ0n) is 10.5. The Morgan fingerprint density at radius 2 is 2.00 bits per heavy atom. The fourth-order valence-corrected chi connectivity index (χ4v) is 4.11. The van der Waals surface area contributed by atoms with Crippen molar-refractivity contribution in [2.75, 3.05) is 24.3 Å². The fourth-order valence-electron chi connectivity index (χ4n) is 1.65. The summed E-state index contributed by atoms with van der Waals surface area (Å²) in [7, 11) is 3.96. The van der Waals surface area contributed by atoms with E-state index in [1.165, 1.54) is 4.88 Å². The Morgan fingerprint density at radius 1 is 1.26 bits per heavy atom. The van der Waals surface area contributed by atoms with Gasteiger partial charge in [-0.2, -0.15) is 0 Å². The van der Waals surface area contributed by atoms with E-state index >= 15 is 0 Å². The van der Waals surface area contributed by atoms with Crippen LogP contribution in [0, 0.1) is 0 Å². The van der Waals surface area contributed by atoms with Crippen LogP contribution < -0.4 is 10.2 Å². The number of nitrogens with zero attached hydrogens (tertiary/aromatic N) is 1. The summed E-state index contributed by atoms with van der Waals surface area (Å²) in [6.45, 7) is 0.784. The Hall–Kier alpha value is -0.230. The standard InChI is InChI=1S/C13H13Br2ClN2S/c1-18(2)12-4-3-8(5-11(12)16)17-7-9-6-10(14)13(15)19-9/h3-6,17H,7H2,1-2H3. The van der Waals surface area contributed by atoms with Crippen molar-refractivity contribution in [3.63, 3.8) is 0 Å². The normalized spacial score (nSPS) is 10.6. The second kappa shape index (κ2) is 6.48. The summed E-state index contributed by atoms with van der Waals surface area (Å²) in [5, 5.41) is 4.13. The quantitative estimate of drug-likeness (QED) is 0.687. The first-order valence-corrected chi connectivity index (χ1v) is 8.40. The molecule has 0 spiro atoms. The lowest BCUT2D eigenvalue weighted by Gasteiger charge is -2.15. The largest absolute Gasteiger partial charge is 0.380 e. The molecule has 2 nitrogen and oxygen atoms in total. The molecule has 1 N–H and O–H groups in total. The molecule has 0 bridgehead atoms. The third-order valence-corrected chi connectivity index (χ3v) is 6.15. The van der Waals surface area contributed by atoms with E-state index in [0.717, 1.165) is 31.2 Å². The molecule has 1 aromatic carbocycles. The molecule has 0 fully saturated rings. The van der Waals surface area contributed by atoms with E-state index in [4.69, 9.17) is 11.6 Å². The fraction of sp³-hybridized carbons (Fsp3) is 0.231. The number of rotatable bonds is 4. The number of benzene rings is 1. The van der Waals surface area contributed by atoms with E-state index in [2.05, 4.69) is 43.2 Å². The van der Waals surface area contributed by atoms with E-state index in [-0.39, 0.29) is 0 Å². The molecule has 0 saturated carbocycles. The van der Waals surface area contributed by atoms with Gasteiger partial charge >= 0.3 is 0 Å². The smallest absolute Gasteiger partial charge is 0.0843 e. The summed E-state index contributed by atoms with van der Waals surface area (Å²) in [5.41, 5.74) is 2.05. The Balaban J connectivity index is 2.06. The van der Waals surface area contributed by atoms with Crippen LogP contribution >= 0.6 is 54.8 Å². The van der Waals surface area contributed by atoms with Crippen LogP contribution in [0.3, 0.4) is 0 Å². The highest BCUT2D eigenvalue weighted by Crippen LogP contribution is 2.33. The van der Waals surface area contributed by atoms with Crippen LogP contribution in [0.4, 0.5) is 11.4 Å². The zero-order chi connectivity index (χ0) is 14.0. The van der Waals surface area contributed by atoms with Gasteiger partial charge in [-0.15, -0.1) is 11.3 Å². The maximum Gasteiger partial charge on any atom is 0.0843 e. The molecule has 0 aliphatic heterocycles. The Bertz CT molecular complexity index is 565.